The molecule has 1 spiro atoms. The van der Waals surface area contributed by atoms with Crippen LogP contribution in [0.4, 0.5) is 0 Å². The van der Waals surface area contributed by atoms with Crippen molar-refractivity contribution in [1.29, 1.82) is 0 Å². The molecular weight excluding hydrogens is 897 g/mol. The zero-order valence-corrected chi connectivity index (χ0v) is 37.1. The zero-order valence-electron chi connectivity index (χ0n) is 41.7. The smallest absolute Gasteiger partial charge is 0.121 e. The van der Waals surface area contributed by atoms with Crippen molar-refractivity contribution in [3.63, 3.8) is 0 Å². The molecule has 2 aliphatic rings. The first-order valence-corrected chi connectivity index (χ1v) is 20.8. The summed E-state index contributed by atoms with van der Waals surface area (Å²) in [5.74, 6) is -1.08. The summed E-state index contributed by atoms with van der Waals surface area (Å²) in [6, 6.07) is 37.9. The summed E-state index contributed by atoms with van der Waals surface area (Å²) < 4.78 is 66.6. The molecule has 3 heterocycles. The number of aryl methyl sites for hydroxylation is 2. The maximum absolute atomic E-state index is 9.75. The Labute approximate surface area is 374 Å². The second kappa shape index (κ2) is 16.1. The summed E-state index contributed by atoms with van der Waals surface area (Å²) >= 11 is 0. The molecule has 1 radical (unpaired) electrons. The van der Waals surface area contributed by atoms with Gasteiger partial charge in [0.2, 0.25) is 0 Å². The molecule has 10 rings (SSSR count). The number of nitrogens with zero attached hydrogens (tertiary/aromatic N) is 2. The third-order valence-electron chi connectivity index (χ3n) is 13.1. The molecule has 8 aromatic rings. The van der Waals surface area contributed by atoms with Crippen LogP contribution in [-0.4, -0.2) is 9.97 Å². The van der Waals surface area contributed by atoms with Crippen LogP contribution in [0.3, 0.4) is 0 Å². The maximum Gasteiger partial charge on any atom is 0.121 e. The minimum absolute atomic E-state index is 0. The Balaban J connectivity index is 0.000000295. The van der Waals surface area contributed by atoms with Gasteiger partial charge < -0.3 is 14.4 Å². The van der Waals surface area contributed by atoms with Gasteiger partial charge in [0.05, 0.1) is 5.58 Å². The van der Waals surface area contributed by atoms with Crippen LogP contribution in [0.2, 0.25) is 0 Å². The van der Waals surface area contributed by atoms with Crippen molar-refractivity contribution >= 4 is 43.5 Å². The van der Waals surface area contributed by atoms with Crippen LogP contribution in [0.1, 0.15) is 124 Å². The SMILES string of the molecule is CC(C)(C)c1ccc(-c2[c-]cccc2)nc1.[2H]C([2H])([2H])c1cnc(-c2[c-]cc(C([2H])([2H])[2H])c3c2oc2cc4c(ccc5ccccc54)cc23)cc1C1([2H])CCC2(CCC(C)(C)CC2)CC1.[Ir]. The van der Waals surface area contributed by atoms with E-state index in [1.54, 1.807) is 6.07 Å². The molecular formula is C55H56IrN2O-2. The predicted octanol–water partition coefficient (Wildman–Crippen LogP) is 15.5. The quantitative estimate of drug-likeness (QED) is 0.131. The van der Waals surface area contributed by atoms with Gasteiger partial charge in [-0.2, -0.15) is 0 Å². The fourth-order valence-corrected chi connectivity index (χ4v) is 9.26. The van der Waals surface area contributed by atoms with Crippen LogP contribution < -0.4 is 0 Å². The molecule has 3 aromatic heterocycles. The first kappa shape index (κ1) is 33.1. The minimum Gasteiger partial charge on any atom is -0.501 e. The Morgan fingerprint density at radius 3 is 2.19 bits per heavy atom. The standard InChI is InChI=1S/C40H40NO.C15H16N.Ir/c1-25-9-12-31(38-37(25)34-21-29-11-10-27-7-5-6-8-30(27)33(29)23-36(34)42-38)35-22-32(26(2)24-41-35)28-13-15-40(16-14-28)19-17-39(3,4)18-20-40;1-15(2,3)13-9-10-14(16-11-13)12-7-5-4-6-8-12;/h5-11,21-24,28H,13-20H2,1-4H3;4-7,9-11H,1-3H3;/q2*-1;/i1D3,2D3,28D;;. The van der Waals surface area contributed by atoms with Crippen molar-refractivity contribution < 1.29 is 34.1 Å². The van der Waals surface area contributed by atoms with E-state index in [2.05, 4.69) is 87.1 Å². The third kappa shape index (κ3) is 8.16. The molecule has 303 valence electrons. The molecule has 2 aliphatic carbocycles. The number of rotatable bonds is 3. The Hall–Kier alpha value is -4.63. The first-order valence-electron chi connectivity index (χ1n) is 24.3. The van der Waals surface area contributed by atoms with Gasteiger partial charge in [0.1, 0.15) is 5.58 Å². The van der Waals surface area contributed by atoms with Crippen molar-refractivity contribution in [2.24, 2.45) is 10.8 Å². The summed E-state index contributed by atoms with van der Waals surface area (Å²) in [7, 11) is 0. The van der Waals surface area contributed by atoms with Crippen LogP contribution in [0.15, 0.2) is 114 Å². The molecule has 59 heavy (non-hydrogen) atoms. The number of aromatic nitrogens is 2. The number of furan rings is 1. The van der Waals surface area contributed by atoms with Gasteiger partial charge in [-0.15, -0.1) is 53.6 Å². The summed E-state index contributed by atoms with van der Waals surface area (Å²) in [6.45, 7) is 6.39. The van der Waals surface area contributed by atoms with Crippen LogP contribution in [-0.2, 0) is 25.5 Å². The normalized spacial score (nSPS) is 19.3. The molecule has 4 heteroatoms. The molecule has 0 amide bonds. The largest absolute Gasteiger partial charge is 0.501 e. The molecule has 0 saturated heterocycles. The van der Waals surface area contributed by atoms with E-state index < -0.39 is 19.6 Å². The van der Waals surface area contributed by atoms with Crippen molar-refractivity contribution in [3.8, 4) is 22.5 Å². The van der Waals surface area contributed by atoms with Gasteiger partial charge in [0.25, 0.3) is 0 Å². The number of benzene rings is 5. The van der Waals surface area contributed by atoms with Gasteiger partial charge in [-0.25, -0.2) is 0 Å². The molecule has 2 saturated carbocycles. The molecule has 0 bridgehead atoms. The molecule has 0 N–H and O–H groups in total. The number of pyridine rings is 2. The van der Waals surface area contributed by atoms with Crippen LogP contribution in [0, 0.1) is 36.7 Å². The molecule has 2 fully saturated rings. The minimum atomic E-state index is -2.44. The van der Waals surface area contributed by atoms with Gasteiger partial charge in [0.15, 0.2) is 0 Å². The average Bonchev–Trinajstić information content (AvgIpc) is 3.65. The molecule has 0 unspecified atom stereocenters. The van der Waals surface area contributed by atoms with E-state index in [4.69, 9.17) is 12.6 Å². The second-order valence-electron chi connectivity index (χ2n) is 18.6. The Morgan fingerprint density at radius 1 is 0.729 bits per heavy atom. The zero-order chi connectivity index (χ0) is 46.2. The predicted molar refractivity (Wildman–Crippen MR) is 243 cm³/mol. The van der Waals surface area contributed by atoms with E-state index in [0.717, 1.165) is 58.5 Å². The topological polar surface area (TPSA) is 38.9 Å². The molecule has 5 aromatic carbocycles. The van der Waals surface area contributed by atoms with Crippen molar-refractivity contribution in [2.45, 2.75) is 111 Å². The summed E-state index contributed by atoms with van der Waals surface area (Å²) in [5, 5.41) is 5.30. The van der Waals surface area contributed by atoms with E-state index in [1.807, 2.05) is 60.8 Å². The Bertz CT molecular complexity index is 3040. The molecule has 3 nitrogen and oxygen atoms in total. The fourth-order valence-electron chi connectivity index (χ4n) is 9.26. The van der Waals surface area contributed by atoms with Crippen LogP contribution in [0.25, 0.3) is 66.0 Å². The van der Waals surface area contributed by atoms with Gasteiger partial charge in [-0.05, 0) is 142 Å². The van der Waals surface area contributed by atoms with E-state index in [-0.39, 0.29) is 42.1 Å². The monoisotopic (exact) mass is 960 g/mol. The van der Waals surface area contributed by atoms with Gasteiger partial charge in [-0.3, -0.25) is 0 Å². The van der Waals surface area contributed by atoms with Crippen LogP contribution >= 0.6 is 0 Å². The third-order valence-corrected chi connectivity index (χ3v) is 13.1. The van der Waals surface area contributed by atoms with E-state index >= 15 is 0 Å². The molecule has 0 atom stereocenters. The van der Waals surface area contributed by atoms with Crippen molar-refractivity contribution in [1.82, 2.24) is 9.97 Å². The number of hydrogen-bond acceptors (Lipinski definition) is 3. The maximum atomic E-state index is 9.75. The van der Waals surface area contributed by atoms with Gasteiger partial charge in [-0.1, -0.05) is 107 Å². The van der Waals surface area contributed by atoms with E-state index in [1.165, 1.54) is 30.7 Å². The average molecular weight is 960 g/mol. The van der Waals surface area contributed by atoms with Gasteiger partial charge >= 0.3 is 0 Å². The van der Waals surface area contributed by atoms with Crippen LogP contribution in [0.5, 0.6) is 0 Å². The Morgan fingerprint density at radius 2 is 1.47 bits per heavy atom. The first-order chi connectivity index (χ1) is 30.6. The number of fused-ring (bicyclic) bond motifs is 6. The summed E-state index contributed by atoms with van der Waals surface area (Å²) in [5.41, 5.74) is 6.49. The second-order valence-corrected chi connectivity index (χ2v) is 18.6. The molecule has 0 aliphatic heterocycles. The van der Waals surface area contributed by atoms with Gasteiger partial charge in [0, 0.05) is 47.5 Å². The van der Waals surface area contributed by atoms with E-state index in [9.17, 15) is 1.37 Å². The van der Waals surface area contributed by atoms with Crippen molar-refractivity contribution in [2.75, 3.05) is 0 Å². The fraction of sp³-hybridized carbons (Fsp3) is 0.345. The summed E-state index contributed by atoms with van der Waals surface area (Å²) in [4.78, 5) is 9.12. The van der Waals surface area contributed by atoms with E-state index in [0.29, 0.717) is 57.0 Å². The number of hydrogen-bond donors (Lipinski definition) is 0. The summed E-state index contributed by atoms with van der Waals surface area (Å²) in [6.07, 6.45) is 11.0. The Kier molecular flexibility index (Phi) is 9.04. The van der Waals surface area contributed by atoms with Crippen molar-refractivity contribution in [3.05, 3.63) is 144 Å².